The van der Waals surface area contributed by atoms with Crippen molar-refractivity contribution in [3.05, 3.63) is 40.8 Å². The SMILES string of the molecule is Cc1cc2ncnn2cc1Nc1ncc2c(n1)n(C13CC4CC(C1)C(=O)C(C4)C3)c(=O)n2C. The van der Waals surface area contributed by atoms with Crippen LogP contribution in [0.5, 0.6) is 0 Å². The number of carbonyl (C=O) groups is 1. The van der Waals surface area contributed by atoms with Crippen LogP contribution in [0, 0.1) is 24.7 Å². The van der Waals surface area contributed by atoms with Crippen molar-refractivity contribution in [2.45, 2.75) is 44.6 Å². The van der Waals surface area contributed by atoms with Crippen molar-refractivity contribution in [2.24, 2.45) is 24.8 Å². The molecular weight excluding hydrogens is 420 g/mol. The number of fused-ring (bicyclic) bond motifs is 2. The molecule has 4 saturated carbocycles. The van der Waals surface area contributed by atoms with Crippen molar-refractivity contribution in [3.63, 3.8) is 0 Å². The number of Topliss-reactive ketones (excluding diaryl/α,β-unsaturated/α-hetero) is 1. The fourth-order valence-corrected chi connectivity index (χ4v) is 6.79. The maximum atomic E-state index is 13.5. The molecule has 0 amide bonds. The second-order valence-electron chi connectivity index (χ2n) is 10.1. The quantitative estimate of drug-likeness (QED) is 0.516. The molecule has 4 aliphatic carbocycles. The monoisotopic (exact) mass is 444 g/mol. The number of aromatic nitrogens is 7. The van der Waals surface area contributed by atoms with Gasteiger partial charge in [0.15, 0.2) is 11.3 Å². The third-order valence-electron chi connectivity index (χ3n) is 8.11. The molecule has 0 aromatic carbocycles. The van der Waals surface area contributed by atoms with Crippen molar-refractivity contribution in [2.75, 3.05) is 5.32 Å². The number of nitrogens with zero attached hydrogens (tertiary/aromatic N) is 7. The number of anilines is 2. The normalized spacial score (nSPS) is 28.3. The fourth-order valence-electron chi connectivity index (χ4n) is 6.79. The lowest BCUT2D eigenvalue weighted by Crippen LogP contribution is -2.58. The largest absolute Gasteiger partial charge is 0.330 e. The van der Waals surface area contributed by atoms with Gasteiger partial charge in [-0.25, -0.2) is 19.3 Å². The van der Waals surface area contributed by atoms with Gasteiger partial charge in [0.1, 0.15) is 17.6 Å². The lowest BCUT2D eigenvalue weighted by Gasteiger charge is -2.55. The van der Waals surface area contributed by atoms with Gasteiger partial charge in [-0.3, -0.25) is 13.9 Å². The van der Waals surface area contributed by atoms with Gasteiger partial charge in [-0.2, -0.15) is 10.1 Å². The van der Waals surface area contributed by atoms with Crippen LogP contribution in [0.2, 0.25) is 0 Å². The van der Waals surface area contributed by atoms with Gasteiger partial charge in [-0.05, 0) is 56.6 Å². The molecule has 0 aliphatic heterocycles. The molecular formula is C23H24N8O2. The van der Waals surface area contributed by atoms with Gasteiger partial charge in [0.25, 0.3) is 0 Å². The molecule has 0 spiro atoms. The number of aryl methyl sites for hydroxylation is 2. The molecule has 4 bridgehead atoms. The van der Waals surface area contributed by atoms with Crippen LogP contribution in [0.1, 0.15) is 37.7 Å². The highest BCUT2D eigenvalue weighted by Gasteiger charge is 2.57. The standard InChI is InChI=1S/C23H24N8O2/c1-12-3-18-25-11-26-30(18)10-16(12)27-21-24-9-17-20(28-21)31(22(33)29(17)2)23-6-13-4-14(7-23)19(32)15(5-13)8-23/h3,9-11,13-15H,4-8H2,1-2H3,(H,24,27,28). The average Bonchev–Trinajstić information content (AvgIpc) is 3.33. The Morgan fingerprint density at radius 3 is 2.70 bits per heavy atom. The molecule has 4 aromatic heterocycles. The van der Waals surface area contributed by atoms with E-state index in [0.29, 0.717) is 28.8 Å². The van der Waals surface area contributed by atoms with Crippen LogP contribution < -0.4 is 11.0 Å². The second kappa shape index (κ2) is 6.27. The highest BCUT2D eigenvalue weighted by atomic mass is 16.2. The number of pyridine rings is 1. The topological polar surface area (TPSA) is 112 Å². The molecule has 0 saturated heterocycles. The number of carbonyl (C=O) groups excluding carboxylic acids is 1. The smallest absolute Gasteiger partial charge is 0.323 e. The minimum absolute atomic E-state index is 0.0777. The molecule has 10 heteroatoms. The lowest BCUT2D eigenvalue weighted by atomic mass is 9.52. The zero-order valence-electron chi connectivity index (χ0n) is 18.5. The Morgan fingerprint density at radius 1 is 1.12 bits per heavy atom. The molecule has 4 aromatic rings. The minimum atomic E-state index is -0.331. The van der Waals surface area contributed by atoms with Gasteiger partial charge in [-0.1, -0.05) is 0 Å². The maximum Gasteiger partial charge on any atom is 0.330 e. The Hall–Kier alpha value is -3.56. The summed E-state index contributed by atoms with van der Waals surface area (Å²) in [4.78, 5) is 39.7. The molecule has 0 radical (unpaired) electrons. The van der Waals surface area contributed by atoms with Gasteiger partial charge >= 0.3 is 5.69 Å². The number of imidazole rings is 1. The molecule has 168 valence electrons. The molecule has 1 N–H and O–H groups in total. The lowest BCUT2D eigenvalue weighted by molar-refractivity contribution is -0.145. The Labute approximate surface area is 188 Å². The summed E-state index contributed by atoms with van der Waals surface area (Å²) in [6, 6.07) is 1.94. The predicted molar refractivity (Wildman–Crippen MR) is 120 cm³/mol. The van der Waals surface area contributed by atoms with Crippen LogP contribution in [0.3, 0.4) is 0 Å². The number of ketones is 1. The Balaban J connectivity index is 1.35. The highest BCUT2D eigenvalue weighted by Crippen LogP contribution is 2.57. The molecule has 10 nitrogen and oxygen atoms in total. The van der Waals surface area contributed by atoms with Gasteiger partial charge in [0.2, 0.25) is 5.95 Å². The molecule has 4 fully saturated rings. The Morgan fingerprint density at radius 2 is 1.91 bits per heavy atom. The summed E-state index contributed by atoms with van der Waals surface area (Å²) in [5, 5.41) is 7.50. The number of hydrogen-bond donors (Lipinski definition) is 1. The minimum Gasteiger partial charge on any atom is -0.323 e. The maximum absolute atomic E-state index is 13.5. The molecule has 4 heterocycles. The van der Waals surface area contributed by atoms with Crippen molar-refractivity contribution in [3.8, 4) is 0 Å². The molecule has 33 heavy (non-hydrogen) atoms. The third kappa shape index (κ3) is 2.54. The first-order chi connectivity index (χ1) is 15.9. The molecule has 8 rings (SSSR count). The van der Waals surface area contributed by atoms with Gasteiger partial charge in [-0.15, -0.1) is 0 Å². The van der Waals surface area contributed by atoms with E-state index < -0.39 is 0 Å². The van der Waals surface area contributed by atoms with E-state index >= 15 is 0 Å². The van der Waals surface area contributed by atoms with Crippen LogP contribution in [0.15, 0.2) is 29.6 Å². The van der Waals surface area contributed by atoms with Gasteiger partial charge in [0, 0.05) is 18.9 Å². The summed E-state index contributed by atoms with van der Waals surface area (Å²) in [6.07, 6.45) is 9.46. The van der Waals surface area contributed by atoms with Crippen LogP contribution in [-0.4, -0.2) is 39.5 Å². The zero-order chi connectivity index (χ0) is 22.5. The first-order valence-electron chi connectivity index (χ1n) is 11.5. The molecule has 2 unspecified atom stereocenters. The summed E-state index contributed by atoms with van der Waals surface area (Å²) in [6.45, 7) is 1.99. The van der Waals surface area contributed by atoms with Gasteiger partial charge < -0.3 is 5.32 Å². The first-order valence-corrected chi connectivity index (χ1v) is 11.5. The zero-order valence-corrected chi connectivity index (χ0v) is 18.5. The van der Waals surface area contributed by atoms with Crippen LogP contribution in [0.4, 0.5) is 11.6 Å². The number of hydrogen-bond acceptors (Lipinski definition) is 7. The van der Waals surface area contributed by atoms with E-state index in [-0.39, 0.29) is 23.1 Å². The number of nitrogens with one attached hydrogen (secondary N) is 1. The van der Waals surface area contributed by atoms with E-state index in [1.54, 1.807) is 22.3 Å². The summed E-state index contributed by atoms with van der Waals surface area (Å²) < 4.78 is 5.21. The molecule has 2 atom stereocenters. The van der Waals surface area contributed by atoms with E-state index in [1.807, 2.05) is 23.8 Å². The van der Waals surface area contributed by atoms with E-state index in [0.717, 1.165) is 49.0 Å². The Kier molecular flexibility index (Phi) is 3.60. The number of rotatable bonds is 3. The van der Waals surface area contributed by atoms with Crippen LogP contribution in [-0.2, 0) is 17.4 Å². The average molecular weight is 444 g/mol. The van der Waals surface area contributed by atoms with Crippen molar-refractivity contribution < 1.29 is 4.79 Å². The summed E-state index contributed by atoms with van der Waals surface area (Å²) in [7, 11) is 1.77. The summed E-state index contributed by atoms with van der Waals surface area (Å²) in [5.74, 6) is 1.50. The predicted octanol–water partition coefficient (Wildman–Crippen LogP) is 2.33. The van der Waals surface area contributed by atoms with Crippen molar-refractivity contribution in [1.29, 1.82) is 0 Å². The van der Waals surface area contributed by atoms with Gasteiger partial charge in [0.05, 0.1) is 23.6 Å². The van der Waals surface area contributed by atoms with E-state index in [2.05, 4.69) is 20.4 Å². The highest BCUT2D eigenvalue weighted by molar-refractivity contribution is 5.86. The van der Waals surface area contributed by atoms with Crippen LogP contribution >= 0.6 is 0 Å². The molecule has 4 aliphatic rings. The van der Waals surface area contributed by atoms with E-state index in [1.165, 1.54) is 6.33 Å². The van der Waals surface area contributed by atoms with E-state index in [9.17, 15) is 9.59 Å². The third-order valence-corrected chi connectivity index (χ3v) is 8.11. The van der Waals surface area contributed by atoms with Crippen molar-refractivity contribution >= 4 is 34.2 Å². The summed E-state index contributed by atoms with van der Waals surface area (Å²) in [5.41, 5.74) is 3.50. The van der Waals surface area contributed by atoms with E-state index in [4.69, 9.17) is 4.98 Å². The van der Waals surface area contributed by atoms with Crippen molar-refractivity contribution in [1.82, 2.24) is 33.7 Å². The fraction of sp³-hybridized carbons (Fsp3) is 0.478. The van der Waals surface area contributed by atoms with Crippen LogP contribution in [0.25, 0.3) is 16.8 Å². The summed E-state index contributed by atoms with van der Waals surface area (Å²) >= 11 is 0. The first kappa shape index (κ1) is 19.0. The second-order valence-corrected chi connectivity index (χ2v) is 10.1. The Bertz CT molecular complexity index is 1510.